The summed E-state index contributed by atoms with van der Waals surface area (Å²) in [5.41, 5.74) is 0. The molecule has 1 rings (SSSR count). The van der Waals surface area contributed by atoms with Crippen LogP contribution in [0.5, 0.6) is 0 Å². The highest BCUT2D eigenvalue weighted by Crippen LogP contribution is 2.17. The molecule has 84 valence electrons. The van der Waals surface area contributed by atoms with Crippen LogP contribution in [0.3, 0.4) is 0 Å². The van der Waals surface area contributed by atoms with Crippen LogP contribution in [0, 0.1) is 0 Å². The molecule has 1 heterocycles. The second kappa shape index (κ2) is 7.88. The predicted octanol–water partition coefficient (Wildman–Crippen LogP) is 2.75. The molecule has 3 heteroatoms. The Bertz CT molecular complexity index is 143. The Hall–Kier alpha value is 0.650. The standard InChI is InChI=1S/C11H22INO/c1-10-5-6-11(14-10)9-13-8-4-2-3-7-12/h10-11,13H,2-9H2,1H3. The highest BCUT2D eigenvalue weighted by Gasteiger charge is 2.20. The zero-order chi connectivity index (χ0) is 10.2. The lowest BCUT2D eigenvalue weighted by Gasteiger charge is -2.11. The molecule has 14 heavy (non-hydrogen) atoms. The molecule has 0 aliphatic carbocycles. The van der Waals surface area contributed by atoms with E-state index < -0.39 is 0 Å². The van der Waals surface area contributed by atoms with Gasteiger partial charge in [0, 0.05) is 6.54 Å². The van der Waals surface area contributed by atoms with E-state index in [2.05, 4.69) is 34.8 Å². The molecule has 1 aliphatic rings. The van der Waals surface area contributed by atoms with Crippen molar-refractivity contribution in [3.8, 4) is 0 Å². The summed E-state index contributed by atoms with van der Waals surface area (Å²) in [4.78, 5) is 0. The highest BCUT2D eigenvalue weighted by atomic mass is 127. The maximum atomic E-state index is 5.73. The van der Waals surface area contributed by atoms with E-state index in [1.165, 1.54) is 36.5 Å². The minimum atomic E-state index is 0.481. The van der Waals surface area contributed by atoms with Crippen LogP contribution in [-0.4, -0.2) is 29.7 Å². The molecule has 0 radical (unpaired) electrons. The van der Waals surface area contributed by atoms with Gasteiger partial charge in [0.05, 0.1) is 12.2 Å². The van der Waals surface area contributed by atoms with Crippen molar-refractivity contribution in [3.05, 3.63) is 0 Å². The number of halogens is 1. The first kappa shape index (κ1) is 12.7. The van der Waals surface area contributed by atoms with Crippen LogP contribution in [0.25, 0.3) is 0 Å². The number of hydrogen-bond acceptors (Lipinski definition) is 2. The van der Waals surface area contributed by atoms with Crippen molar-refractivity contribution in [2.24, 2.45) is 0 Å². The summed E-state index contributed by atoms with van der Waals surface area (Å²) in [6, 6.07) is 0. The molecule has 2 nitrogen and oxygen atoms in total. The minimum Gasteiger partial charge on any atom is -0.374 e. The number of alkyl halides is 1. The Morgan fingerprint density at radius 3 is 2.79 bits per heavy atom. The molecule has 0 amide bonds. The van der Waals surface area contributed by atoms with Gasteiger partial charge in [-0.2, -0.15) is 0 Å². The van der Waals surface area contributed by atoms with E-state index in [4.69, 9.17) is 4.74 Å². The van der Waals surface area contributed by atoms with Gasteiger partial charge < -0.3 is 10.1 Å². The van der Waals surface area contributed by atoms with Crippen molar-refractivity contribution in [1.29, 1.82) is 0 Å². The lowest BCUT2D eigenvalue weighted by atomic mass is 10.2. The Balaban J connectivity index is 1.84. The van der Waals surface area contributed by atoms with Crippen molar-refractivity contribution >= 4 is 22.6 Å². The maximum Gasteiger partial charge on any atom is 0.0704 e. The average molecular weight is 311 g/mol. The third-order valence-corrected chi connectivity index (χ3v) is 3.44. The van der Waals surface area contributed by atoms with Gasteiger partial charge >= 0.3 is 0 Å². The average Bonchev–Trinajstić information content (AvgIpc) is 2.58. The Morgan fingerprint density at radius 2 is 2.14 bits per heavy atom. The molecule has 0 aromatic rings. The van der Waals surface area contributed by atoms with E-state index in [1.807, 2.05) is 0 Å². The van der Waals surface area contributed by atoms with Crippen LogP contribution < -0.4 is 5.32 Å². The van der Waals surface area contributed by atoms with Crippen LogP contribution in [0.15, 0.2) is 0 Å². The largest absolute Gasteiger partial charge is 0.374 e. The van der Waals surface area contributed by atoms with Crippen LogP contribution in [0.2, 0.25) is 0 Å². The van der Waals surface area contributed by atoms with E-state index in [0.717, 1.165) is 13.1 Å². The number of unbranched alkanes of at least 4 members (excludes halogenated alkanes) is 2. The van der Waals surface area contributed by atoms with Gasteiger partial charge in [-0.15, -0.1) is 0 Å². The normalized spacial score (nSPS) is 27.0. The molecule has 1 saturated heterocycles. The fourth-order valence-corrected chi connectivity index (χ4v) is 2.36. The van der Waals surface area contributed by atoms with Gasteiger partial charge in [-0.3, -0.25) is 0 Å². The van der Waals surface area contributed by atoms with Crippen LogP contribution in [0.4, 0.5) is 0 Å². The summed E-state index contributed by atoms with van der Waals surface area (Å²) in [5.74, 6) is 0. The van der Waals surface area contributed by atoms with Crippen molar-refractivity contribution < 1.29 is 4.74 Å². The first-order chi connectivity index (χ1) is 6.83. The quantitative estimate of drug-likeness (QED) is 0.443. The van der Waals surface area contributed by atoms with Crippen LogP contribution >= 0.6 is 22.6 Å². The number of hydrogen-bond donors (Lipinski definition) is 1. The van der Waals surface area contributed by atoms with Crippen LogP contribution in [-0.2, 0) is 4.74 Å². The molecule has 1 fully saturated rings. The van der Waals surface area contributed by atoms with E-state index in [0.29, 0.717) is 12.2 Å². The van der Waals surface area contributed by atoms with Crippen molar-refractivity contribution in [2.45, 2.75) is 51.2 Å². The van der Waals surface area contributed by atoms with Gasteiger partial charge in [0.15, 0.2) is 0 Å². The number of nitrogens with one attached hydrogen (secondary N) is 1. The monoisotopic (exact) mass is 311 g/mol. The van der Waals surface area contributed by atoms with Gasteiger partial charge in [-0.25, -0.2) is 0 Å². The Kier molecular flexibility index (Phi) is 7.16. The fraction of sp³-hybridized carbons (Fsp3) is 1.00. The molecule has 0 aromatic carbocycles. The molecular formula is C11H22INO. The van der Waals surface area contributed by atoms with Crippen LogP contribution in [0.1, 0.15) is 39.0 Å². The Labute approximate surface area is 101 Å². The van der Waals surface area contributed by atoms with Gasteiger partial charge in [0.1, 0.15) is 0 Å². The number of rotatable bonds is 7. The summed E-state index contributed by atoms with van der Waals surface area (Å²) in [5, 5.41) is 3.48. The van der Waals surface area contributed by atoms with Gasteiger partial charge in [-0.1, -0.05) is 29.0 Å². The third kappa shape index (κ3) is 5.51. The van der Waals surface area contributed by atoms with Gasteiger partial charge in [0.2, 0.25) is 0 Å². The topological polar surface area (TPSA) is 21.3 Å². The highest BCUT2D eigenvalue weighted by molar-refractivity contribution is 14.1. The molecule has 2 unspecified atom stereocenters. The predicted molar refractivity (Wildman–Crippen MR) is 69.2 cm³/mol. The molecule has 0 bridgehead atoms. The summed E-state index contributed by atoms with van der Waals surface area (Å²) < 4.78 is 7.02. The van der Waals surface area contributed by atoms with Crippen molar-refractivity contribution in [2.75, 3.05) is 17.5 Å². The zero-order valence-corrected chi connectivity index (χ0v) is 11.3. The van der Waals surface area contributed by atoms with Crippen molar-refractivity contribution in [1.82, 2.24) is 5.32 Å². The second-order valence-corrected chi connectivity index (χ2v) is 5.18. The smallest absolute Gasteiger partial charge is 0.0704 e. The summed E-state index contributed by atoms with van der Waals surface area (Å²) in [6.07, 6.45) is 7.47. The summed E-state index contributed by atoms with van der Waals surface area (Å²) >= 11 is 2.44. The van der Waals surface area contributed by atoms with E-state index in [-0.39, 0.29) is 0 Å². The maximum absolute atomic E-state index is 5.73. The lowest BCUT2D eigenvalue weighted by molar-refractivity contribution is 0.0561. The molecule has 0 saturated carbocycles. The zero-order valence-electron chi connectivity index (χ0n) is 9.10. The van der Waals surface area contributed by atoms with Crippen molar-refractivity contribution in [3.63, 3.8) is 0 Å². The van der Waals surface area contributed by atoms with E-state index in [9.17, 15) is 0 Å². The second-order valence-electron chi connectivity index (χ2n) is 4.10. The molecule has 1 aliphatic heterocycles. The van der Waals surface area contributed by atoms with Gasteiger partial charge in [-0.05, 0) is 43.6 Å². The molecule has 2 atom stereocenters. The summed E-state index contributed by atoms with van der Waals surface area (Å²) in [6.45, 7) is 4.37. The van der Waals surface area contributed by atoms with E-state index >= 15 is 0 Å². The third-order valence-electron chi connectivity index (χ3n) is 2.68. The lowest BCUT2D eigenvalue weighted by Crippen LogP contribution is -2.27. The summed E-state index contributed by atoms with van der Waals surface area (Å²) in [7, 11) is 0. The molecule has 1 N–H and O–H groups in total. The first-order valence-electron chi connectivity index (χ1n) is 5.75. The fourth-order valence-electron chi connectivity index (χ4n) is 1.82. The number of ether oxygens (including phenoxy) is 1. The molecule has 0 spiro atoms. The SMILES string of the molecule is CC1CCC(CNCCCCCI)O1. The molecular weight excluding hydrogens is 289 g/mol. The Morgan fingerprint density at radius 1 is 1.29 bits per heavy atom. The van der Waals surface area contributed by atoms with Gasteiger partial charge in [0.25, 0.3) is 0 Å². The van der Waals surface area contributed by atoms with E-state index in [1.54, 1.807) is 0 Å². The molecule has 0 aromatic heterocycles. The minimum absolute atomic E-state index is 0.481. The first-order valence-corrected chi connectivity index (χ1v) is 7.27.